The van der Waals surface area contributed by atoms with Gasteiger partial charge in [-0.2, -0.15) is 0 Å². The summed E-state index contributed by atoms with van der Waals surface area (Å²) in [5.74, 6) is -0.245. The molecule has 0 aliphatic carbocycles. The Hall–Kier alpha value is 0.0500. The maximum absolute atomic E-state index is 10.8. The van der Waals surface area contributed by atoms with Gasteiger partial charge in [0, 0.05) is 11.8 Å². The van der Waals surface area contributed by atoms with Gasteiger partial charge in [-0.25, -0.2) is 0 Å². The Bertz CT molecular complexity index is 128. The van der Waals surface area contributed by atoms with Crippen LogP contribution in [0, 0.1) is 0 Å². The number of rotatable bonds is 6. The smallest absolute Gasteiger partial charge is 0.306 e. The number of ether oxygens (including phenoxy) is 1. The van der Waals surface area contributed by atoms with Gasteiger partial charge in [0.1, 0.15) is 0 Å². The lowest BCUT2D eigenvalue weighted by Crippen LogP contribution is -2.04. The van der Waals surface area contributed by atoms with Gasteiger partial charge in [-0.05, 0) is 19.3 Å². The highest BCUT2D eigenvalue weighted by Crippen LogP contribution is 2.11. The van der Waals surface area contributed by atoms with Crippen molar-refractivity contribution in [1.82, 2.24) is 0 Å². The van der Waals surface area contributed by atoms with Crippen molar-refractivity contribution in [3.8, 4) is 0 Å². The maximum atomic E-state index is 10.8. The van der Waals surface area contributed by atoms with Gasteiger partial charge >= 0.3 is 5.97 Å². The quantitative estimate of drug-likeness (QED) is 0.500. The van der Waals surface area contributed by atoms with Gasteiger partial charge in [0.15, 0.2) is 6.07 Å². The Labute approximate surface area is 83.2 Å². The molecule has 0 amide bonds. The number of esters is 1. The lowest BCUT2D eigenvalue weighted by Gasteiger charge is -2.04. The van der Waals surface area contributed by atoms with Gasteiger partial charge in [-0.1, -0.05) is 18.5 Å². The summed E-state index contributed by atoms with van der Waals surface area (Å²) in [7, 11) is 0. The molecule has 1 unspecified atom stereocenters. The van der Waals surface area contributed by atoms with Gasteiger partial charge < -0.3 is 4.74 Å². The van der Waals surface area contributed by atoms with E-state index < -0.39 is 0 Å². The molecule has 1 atom stereocenters. The summed E-state index contributed by atoms with van der Waals surface area (Å²) in [5, 5.41) is 0.175. The molecule has 2 nitrogen and oxygen atoms in total. The Morgan fingerprint density at radius 2 is 2.25 bits per heavy atom. The van der Waals surface area contributed by atoms with E-state index in [0.717, 1.165) is 19.3 Å². The van der Waals surface area contributed by atoms with Gasteiger partial charge in [-0.15, -0.1) is 11.6 Å². The van der Waals surface area contributed by atoms with Gasteiger partial charge in [0.05, 0.1) is 0 Å². The number of hydrogen-bond acceptors (Lipinski definition) is 2. The normalized spacial score (nSPS) is 12.6. The first-order valence-electron chi connectivity index (χ1n) is 4.06. The second kappa shape index (κ2) is 7.69. The van der Waals surface area contributed by atoms with Crippen LogP contribution in [0.5, 0.6) is 0 Å². The van der Waals surface area contributed by atoms with E-state index in [0.29, 0.717) is 6.42 Å². The standard InChI is InChI=1S/C8H14Cl2O2/c1-2-7(10)4-3-5-8(11)12-6-9/h7H,2-6H2,1H3. The van der Waals surface area contributed by atoms with Gasteiger partial charge in [0.2, 0.25) is 0 Å². The molecule has 0 heterocycles. The predicted octanol–water partition coefficient (Wildman–Crippen LogP) is 2.91. The molecule has 0 saturated heterocycles. The molecule has 4 heteroatoms. The first-order chi connectivity index (χ1) is 5.70. The minimum Gasteiger partial charge on any atom is -0.449 e. The van der Waals surface area contributed by atoms with Crippen LogP contribution >= 0.6 is 23.2 Å². The second-order valence-electron chi connectivity index (χ2n) is 2.52. The van der Waals surface area contributed by atoms with Crippen LogP contribution in [0.25, 0.3) is 0 Å². The molecule has 0 fully saturated rings. The van der Waals surface area contributed by atoms with E-state index in [1.165, 1.54) is 0 Å². The third-order valence-corrected chi connectivity index (χ3v) is 2.19. The molecule has 0 radical (unpaired) electrons. The summed E-state index contributed by atoms with van der Waals surface area (Å²) in [6.45, 7) is 2.02. The fraction of sp³-hybridized carbons (Fsp3) is 0.875. The van der Waals surface area contributed by atoms with E-state index >= 15 is 0 Å². The van der Waals surface area contributed by atoms with Crippen LogP contribution in [0.15, 0.2) is 0 Å². The zero-order valence-corrected chi connectivity index (χ0v) is 8.70. The highest BCUT2D eigenvalue weighted by Gasteiger charge is 2.05. The molecule has 0 aromatic carbocycles. The molecule has 0 rings (SSSR count). The molecule has 72 valence electrons. The zero-order chi connectivity index (χ0) is 9.40. The lowest BCUT2D eigenvalue weighted by molar-refractivity contribution is -0.141. The van der Waals surface area contributed by atoms with Crippen LogP contribution in [-0.4, -0.2) is 17.4 Å². The molecule has 0 aromatic rings. The highest BCUT2D eigenvalue weighted by molar-refractivity contribution is 6.20. The number of carbonyl (C=O) groups is 1. The van der Waals surface area contributed by atoms with Crippen LogP contribution in [0.1, 0.15) is 32.6 Å². The molecule has 0 bridgehead atoms. The molecule has 0 aliphatic rings. The number of hydrogen-bond donors (Lipinski definition) is 0. The van der Waals surface area contributed by atoms with Crippen LogP contribution in [-0.2, 0) is 9.53 Å². The third kappa shape index (κ3) is 6.74. The molecule has 0 N–H and O–H groups in total. The van der Waals surface area contributed by atoms with E-state index in [1.807, 2.05) is 6.92 Å². The first kappa shape index (κ1) is 12.0. The van der Waals surface area contributed by atoms with Crippen LogP contribution in [0.3, 0.4) is 0 Å². The third-order valence-electron chi connectivity index (χ3n) is 1.56. The monoisotopic (exact) mass is 212 g/mol. The van der Waals surface area contributed by atoms with E-state index in [9.17, 15) is 4.79 Å². The topological polar surface area (TPSA) is 26.3 Å². The molecular weight excluding hydrogens is 199 g/mol. The average Bonchev–Trinajstić information content (AvgIpc) is 2.04. The first-order valence-corrected chi connectivity index (χ1v) is 5.03. The van der Waals surface area contributed by atoms with Crippen molar-refractivity contribution in [2.24, 2.45) is 0 Å². The second-order valence-corrected chi connectivity index (χ2v) is 3.36. The predicted molar refractivity (Wildman–Crippen MR) is 50.6 cm³/mol. The Balaban J connectivity index is 3.24. The van der Waals surface area contributed by atoms with Gasteiger partial charge in [0.25, 0.3) is 0 Å². The summed E-state index contributed by atoms with van der Waals surface area (Å²) in [6, 6.07) is -0.0586. The molecule has 0 saturated carbocycles. The van der Waals surface area contributed by atoms with Crippen molar-refractivity contribution >= 4 is 29.2 Å². The Morgan fingerprint density at radius 1 is 1.58 bits per heavy atom. The van der Waals surface area contributed by atoms with Crippen molar-refractivity contribution in [2.75, 3.05) is 6.07 Å². The summed E-state index contributed by atoms with van der Waals surface area (Å²) >= 11 is 11.0. The van der Waals surface area contributed by atoms with Crippen molar-refractivity contribution in [3.63, 3.8) is 0 Å². The van der Waals surface area contributed by atoms with Crippen LogP contribution in [0.2, 0.25) is 0 Å². The Morgan fingerprint density at radius 3 is 2.75 bits per heavy atom. The van der Waals surface area contributed by atoms with E-state index in [1.54, 1.807) is 0 Å². The molecule has 0 aliphatic heterocycles. The van der Waals surface area contributed by atoms with E-state index in [-0.39, 0.29) is 17.4 Å². The van der Waals surface area contributed by atoms with Crippen LogP contribution < -0.4 is 0 Å². The summed E-state index contributed by atoms with van der Waals surface area (Å²) in [5.41, 5.74) is 0. The van der Waals surface area contributed by atoms with Crippen molar-refractivity contribution in [2.45, 2.75) is 38.0 Å². The van der Waals surface area contributed by atoms with E-state index in [2.05, 4.69) is 4.74 Å². The SMILES string of the molecule is CCC(Cl)CCCC(=O)OCCl. The molecule has 0 aromatic heterocycles. The fourth-order valence-corrected chi connectivity index (χ4v) is 1.08. The summed E-state index contributed by atoms with van der Waals surface area (Å²) < 4.78 is 4.54. The van der Waals surface area contributed by atoms with Crippen molar-refractivity contribution in [3.05, 3.63) is 0 Å². The van der Waals surface area contributed by atoms with Gasteiger partial charge in [-0.3, -0.25) is 4.79 Å². The summed E-state index contributed by atoms with van der Waals surface area (Å²) in [4.78, 5) is 10.8. The molecule has 12 heavy (non-hydrogen) atoms. The minimum absolute atomic E-state index is 0.0586. The van der Waals surface area contributed by atoms with Crippen LogP contribution in [0.4, 0.5) is 0 Å². The fourth-order valence-electron chi connectivity index (χ4n) is 0.805. The summed E-state index contributed by atoms with van der Waals surface area (Å²) in [6.07, 6.45) is 2.98. The van der Waals surface area contributed by atoms with E-state index in [4.69, 9.17) is 23.2 Å². The minimum atomic E-state index is -0.245. The molecular formula is C8H14Cl2O2. The maximum Gasteiger partial charge on any atom is 0.306 e. The number of carbonyl (C=O) groups excluding carboxylic acids is 1. The average molecular weight is 213 g/mol. The van der Waals surface area contributed by atoms with Crippen molar-refractivity contribution < 1.29 is 9.53 Å². The largest absolute Gasteiger partial charge is 0.449 e. The lowest BCUT2D eigenvalue weighted by atomic mass is 10.1. The Kier molecular flexibility index (Phi) is 7.72. The number of halogens is 2. The number of alkyl halides is 2. The zero-order valence-electron chi connectivity index (χ0n) is 7.19. The molecule has 0 spiro atoms. The van der Waals surface area contributed by atoms with Crippen molar-refractivity contribution in [1.29, 1.82) is 0 Å². The highest BCUT2D eigenvalue weighted by atomic mass is 35.5.